The summed E-state index contributed by atoms with van der Waals surface area (Å²) in [5.74, 6) is -4.85. The molecule has 0 bridgehead atoms. The van der Waals surface area contributed by atoms with Crippen LogP contribution in [0, 0.1) is 5.92 Å². The first-order valence-electron chi connectivity index (χ1n) is 13.9. The highest BCUT2D eigenvalue weighted by atomic mass is 35.5. The Hall–Kier alpha value is -4.25. The van der Waals surface area contributed by atoms with Crippen molar-refractivity contribution in [3.8, 4) is 0 Å². The van der Waals surface area contributed by atoms with Crippen LogP contribution >= 0.6 is 11.6 Å². The van der Waals surface area contributed by atoms with E-state index >= 15 is 0 Å². The summed E-state index contributed by atoms with van der Waals surface area (Å²) < 4.78 is 28.2. The number of hydrogen-bond donors (Lipinski definition) is 0. The number of benzene rings is 2. The van der Waals surface area contributed by atoms with Crippen LogP contribution in [0.15, 0.2) is 42.5 Å². The topological polar surface area (TPSA) is 149 Å². The second-order valence-electron chi connectivity index (χ2n) is 10.6. The molecule has 0 N–H and O–H groups in total. The minimum Gasteiger partial charge on any atom is -0.465 e. The Labute approximate surface area is 260 Å². The van der Waals surface area contributed by atoms with Crippen molar-refractivity contribution in [2.45, 2.75) is 78.3 Å². The largest absolute Gasteiger partial charge is 0.465 e. The fourth-order valence-corrected chi connectivity index (χ4v) is 5.69. The number of Topliss-reactive ketones (excluding diaryl/α,β-unsaturated/α-hetero) is 1. The molecule has 1 saturated carbocycles. The summed E-state index contributed by atoms with van der Waals surface area (Å²) in [7, 11) is 0. The van der Waals surface area contributed by atoms with Crippen LogP contribution in [0.25, 0.3) is 0 Å². The Balaban J connectivity index is 2.25. The molecule has 1 fully saturated rings. The molecule has 0 aromatic heterocycles. The molecule has 12 heteroatoms. The van der Waals surface area contributed by atoms with E-state index in [2.05, 4.69) is 0 Å². The molecular weight excluding hydrogens is 596 g/mol. The van der Waals surface area contributed by atoms with Crippen molar-refractivity contribution in [2.24, 2.45) is 5.92 Å². The number of ketones is 1. The Morgan fingerprint density at radius 2 is 1.39 bits per heavy atom. The maximum Gasteiger partial charge on any atom is 0.303 e. The second-order valence-corrected chi connectivity index (χ2v) is 11.0. The highest BCUT2D eigenvalue weighted by Gasteiger charge is 2.61. The van der Waals surface area contributed by atoms with E-state index in [9.17, 15) is 28.8 Å². The molecule has 5 atom stereocenters. The van der Waals surface area contributed by atoms with Gasteiger partial charge in [0, 0.05) is 51.6 Å². The Morgan fingerprint density at radius 1 is 0.773 bits per heavy atom. The van der Waals surface area contributed by atoms with Crippen LogP contribution < -0.4 is 0 Å². The van der Waals surface area contributed by atoms with Gasteiger partial charge in [0.05, 0.1) is 5.92 Å². The lowest BCUT2D eigenvalue weighted by atomic mass is 9.68. The molecule has 0 spiro atoms. The highest BCUT2D eigenvalue weighted by molar-refractivity contribution is 6.31. The second kappa shape index (κ2) is 14.5. The normalized spacial score (nSPS) is 22.7. The molecule has 0 saturated heterocycles. The number of rotatable bonds is 10. The fraction of sp³-hybridized carbons (Fsp3) is 0.438. The van der Waals surface area contributed by atoms with Crippen LogP contribution in [-0.2, 0) is 59.7 Å². The van der Waals surface area contributed by atoms with Gasteiger partial charge >= 0.3 is 29.8 Å². The van der Waals surface area contributed by atoms with Gasteiger partial charge in [0.2, 0.25) is 0 Å². The molecule has 2 aromatic carbocycles. The summed E-state index contributed by atoms with van der Waals surface area (Å²) in [5.41, 5.74) is 0.514. The van der Waals surface area contributed by atoms with Gasteiger partial charge in [-0.15, -0.1) is 0 Å². The molecule has 0 heterocycles. The molecule has 1 aliphatic rings. The van der Waals surface area contributed by atoms with Crippen molar-refractivity contribution < 1.29 is 52.5 Å². The van der Waals surface area contributed by atoms with Crippen LogP contribution in [0.4, 0.5) is 0 Å². The molecule has 3 rings (SSSR count). The molecule has 11 nitrogen and oxygen atoms in total. The lowest BCUT2D eigenvalue weighted by Crippen LogP contribution is -2.63. The van der Waals surface area contributed by atoms with Crippen molar-refractivity contribution >= 4 is 47.2 Å². The van der Waals surface area contributed by atoms with Gasteiger partial charge in [-0.3, -0.25) is 28.8 Å². The van der Waals surface area contributed by atoms with Crippen LogP contribution in [0.2, 0.25) is 5.02 Å². The van der Waals surface area contributed by atoms with Gasteiger partial charge in [-0.25, -0.2) is 0 Å². The highest BCUT2D eigenvalue weighted by Crippen LogP contribution is 2.48. The van der Waals surface area contributed by atoms with Crippen molar-refractivity contribution in [2.75, 3.05) is 6.61 Å². The SMILES string of the molecule is CC(=O)OC[C@H]1[C@@H](OC(C)=O)[C@H](OC(C)=O)C[C@@](OC(C)=O)(c2ccc(Cl)c(Cc3ccc(C(C)=O)cc3)c2)[C@@H]1OC(C)=O. The van der Waals surface area contributed by atoms with Crippen molar-refractivity contribution in [3.05, 3.63) is 69.7 Å². The maximum absolute atomic E-state index is 12.7. The number of ether oxygens (including phenoxy) is 5. The number of carbonyl (C=O) groups is 6. The monoisotopic (exact) mass is 630 g/mol. The summed E-state index contributed by atoms with van der Waals surface area (Å²) >= 11 is 6.60. The van der Waals surface area contributed by atoms with Gasteiger partial charge in [-0.1, -0.05) is 41.9 Å². The van der Waals surface area contributed by atoms with E-state index in [-0.39, 0.29) is 12.2 Å². The lowest BCUT2D eigenvalue weighted by Gasteiger charge is -2.51. The van der Waals surface area contributed by atoms with E-state index in [1.54, 1.807) is 42.5 Å². The predicted octanol–water partition coefficient (Wildman–Crippen LogP) is 4.27. The molecular formula is C32H35ClO11. The minimum absolute atomic E-state index is 0.0774. The van der Waals surface area contributed by atoms with Crippen LogP contribution in [0.1, 0.15) is 75.0 Å². The van der Waals surface area contributed by atoms with Crippen LogP contribution in [0.5, 0.6) is 0 Å². The van der Waals surface area contributed by atoms with Crippen molar-refractivity contribution in [3.63, 3.8) is 0 Å². The molecule has 236 valence electrons. The molecule has 2 aromatic rings. The van der Waals surface area contributed by atoms with Crippen LogP contribution in [0.3, 0.4) is 0 Å². The Bertz CT molecular complexity index is 1430. The van der Waals surface area contributed by atoms with E-state index in [1.807, 2.05) is 0 Å². The van der Waals surface area contributed by atoms with Crippen molar-refractivity contribution in [1.29, 1.82) is 0 Å². The first kappa shape index (κ1) is 34.2. The zero-order chi connectivity index (χ0) is 32.8. The van der Waals surface area contributed by atoms with E-state index < -0.39 is 66.3 Å². The van der Waals surface area contributed by atoms with Gasteiger partial charge in [0.1, 0.15) is 18.8 Å². The van der Waals surface area contributed by atoms with Gasteiger partial charge in [0.15, 0.2) is 17.5 Å². The molecule has 0 aliphatic heterocycles. The van der Waals surface area contributed by atoms with E-state index in [0.29, 0.717) is 28.1 Å². The number of halogens is 1. The first-order chi connectivity index (χ1) is 20.6. The average Bonchev–Trinajstić information content (AvgIpc) is 2.91. The summed E-state index contributed by atoms with van der Waals surface area (Å²) in [6.45, 7) is 6.83. The quantitative estimate of drug-likeness (QED) is 0.210. The summed E-state index contributed by atoms with van der Waals surface area (Å²) in [4.78, 5) is 73.3. The van der Waals surface area contributed by atoms with Crippen LogP contribution in [-0.4, -0.2) is 60.5 Å². The molecule has 44 heavy (non-hydrogen) atoms. The number of carbonyl (C=O) groups excluding carboxylic acids is 6. The number of hydrogen-bond acceptors (Lipinski definition) is 11. The lowest BCUT2D eigenvalue weighted by molar-refractivity contribution is -0.245. The number of esters is 5. The van der Waals surface area contributed by atoms with E-state index in [4.69, 9.17) is 35.3 Å². The zero-order valence-corrected chi connectivity index (χ0v) is 26.1. The van der Waals surface area contributed by atoms with E-state index in [0.717, 1.165) is 26.3 Å². The summed E-state index contributed by atoms with van der Waals surface area (Å²) in [6, 6.07) is 11.8. The molecule has 0 radical (unpaired) electrons. The summed E-state index contributed by atoms with van der Waals surface area (Å²) in [6.07, 6.45) is -3.79. The van der Waals surface area contributed by atoms with Gasteiger partial charge < -0.3 is 23.7 Å². The van der Waals surface area contributed by atoms with Gasteiger partial charge in [-0.05, 0) is 42.2 Å². The maximum atomic E-state index is 12.7. The Kier molecular flexibility index (Phi) is 11.3. The van der Waals surface area contributed by atoms with Crippen molar-refractivity contribution in [1.82, 2.24) is 0 Å². The van der Waals surface area contributed by atoms with Gasteiger partial charge in [0.25, 0.3) is 0 Å². The molecule has 0 unspecified atom stereocenters. The zero-order valence-electron chi connectivity index (χ0n) is 25.3. The predicted molar refractivity (Wildman–Crippen MR) is 156 cm³/mol. The third-order valence-corrected chi connectivity index (χ3v) is 7.52. The third-order valence-electron chi connectivity index (χ3n) is 7.15. The molecule has 0 amide bonds. The van der Waals surface area contributed by atoms with Gasteiger partial charge in [-0.2, -0.15) is 0 Å². The standard InChI is InChI=1S/C32H35ClO11/c1-17(34)24-9-7-23(8-10-24)13-25-14-26(11-12-28(25)33)32(44-22(6)39)15-29(41-19(3)36)30(42-20(4)37)27(16-40-18(2)35)31(32)43-21(5)38/h7-12,14,27,29-31H,13,15-16H2,1-6H3/t27-,29+,30+,31+,32+/m0/s1. The average molecular weight is 631 g/mol. The first-order valence-corrected chi connectivity index (χ1v) is 14.2. The summed E-state index contributed by atoms with van der Waals surface area (Å²) in [5, 5.41) is 0.382. The Morgan fingerprint density at radius 3 is 1.91 bits per heavy atom. The third kappa shape index (κ3) is 8.43. The minimum atomic E-state index is -1.81. The van der Waals surface area contributed by atoms with E-state index in [1.165, 1.54) is 20.8 Å². The fourth-order valence-electron chi connectivity index (χ4n) is 5.51. The smallest absolute Gasteiger partial charge is 0.303 e. The molecule has 1 aliphatic carbocycles.